The summed E-state index contributed by atoms with van der Waals surface area (Å²) in [4.78, 5) is 4.18. The van der Waals surface area contributed by atoms with Crippen LogP contribution in [0.25, 0.3) is 0 Å². The second kappa shape index (κ2) is 5.66. The van der Waals surface area contributed by atoms with Crippen molar-refractivity contribution in [1.82, 2.24) is 0 Å². The highest BCUT2D eigenvalue weighted by atomic mass is 14.7. The predicted molar refractivity (Wildman–Crippen MR) is 51.9 cm³/mol. The molecular weight excluding hydrogens is 134 g/mol. The predicted octanol–water partition coefficient (Wildman–Crippen LogP) is 3.11. The van der Waals surface area contributed by atoms with E-state index in [2.05, 4.69) is 11.6 Å². The molecule has 1 nitrogen and oxygen atoms in total. The van der Waals surface area contributed by atoms with Gasteiger partial charge in [0.2, 0.25) is 0 Å². The minimum atomic E-state index is 1.01. The molecule has 0 aliphatic rings. The van der Waals surface area contributed by atoms with Gasteiger partial charge < -0.3 is 0 Å². The Labute approximate surface area is 68.9 Å². The molecule has 11 heavy (non-hydrogen) atoms. The van der Waals surface area contributed by atoms with E-state index in [1.807, 2.05) is 32.9 Å². The summed E-state index contributed by atoms with van der Waals surface area (Å²) in [6.07, 6.45) is 7.33. The number of aliphatic imine (C=N–C) groups is 1. The van der Waals surface area contributed by atoms with Gasteiger partial charge in [-0.25, -0.2) is 0 Å². The third-order valence-corrected chi connectivity index (χ3v) is 1.16. The molecule has 0 heterocycles. The van der Waals surface area contributed by atoms with Crippen molar-refractivity contribution < 1.29 is 0 Å². The lowest BCUT2D eigenvalue weighted by Crippen LogP contribution is -1.77. The van der Waals surface area contributed by atoms with Crippen molar-refractivity contribution in [3.05, 3.63) is 36.1 Å². The second-order valence-electron chi connectivity index (χ2n) is 2.40. The Balaban J connectivity index is 4.49. The molecule has 0 bridgehead atoms. The Morgan fingerprint density at radius 1 is 1.36 bits per heavy atom. The van der Waals surface area contributed by atoms with E-state index in [1.165, 1.54) is 5.57 Å². The van der Waals surface area contributed by atoms with Gasteiger partial charge in [-0.15, -0.1) is 0 Å². The lowest BCUT2D eigenvalue weighted by Gasteiger charge is -1.94. The highest BCUT2D eigenvalue weighted by molar-refractivity contribution is 5.71. The first kappa shape index (κ1) is 9.89. The minimum Gasteiger partial charge on any atom is -0.257 e. The molecule has 0 saturated carbocycles. The lowest BCUT2D eigenvalue weighted by molar-refractivity contribution is 1.25. The van der Waals surface area contributed by atoms with Gasteiger partial charge in [0, 0.05) is 6.21 Å². The van der Waals surface area contributed by atoms with Crippen molar-refractivity contribution in [2.75, 3.05) is 0 Å². The number of rotatable bonds is 3. The maximum atomic E-state index is 4.18. The molecule has 1 heteroatoms. The Bertz CT molecular complexity index is 203. The van der Waals surface area contributed by atoms with E-state index in [9.17, 15) is 0 Å². The van der Waals surface area contributed by atoms with Crippen LogP contribution >= 0.6 is 0 Å². The average Bonchev–Trinajstić information content (AvgIpc) is 1.97. The van der Waals surface area contributed by atoms with Gasteiger partial charge in [0.05, 0.1) is 5.70 Å². The van der Waals surface area contributed by atoms with E-state index in [0.29, 0.717) is 0 Å². The molecule has 0 aliphatic carbocycles. The molecule has 0 atom stereocenters. The molecule has 0 saturated heterocycles. The van der Waals surface area contributed by atoms with Crippen molar-refractivity contribution >= 4 is 6.21 Å². The molecule has 0 N–H and O–H groups in total. The van der Waals surface area contributed by atoms with Gasteiger partial charge in [-0.1, -0.05) is 24.3 Å². The van der Waals surface area contributed by atoms with Crippen molar-refractivity contribution in [1.29, 1.82) is 0 Å². The van der Waals surface area contributed by atoms with Gasteiger partial charge >= 0.3 is 0 Å². The maximum absolute atomic E-state index is 4.18. The van der Waals surface area contributed by atoms with Gasteiger partial charge in [0.1, 0.15) is 0 Å². The second-order valence-corrected chi connectivity index (χ2v) is 2.40. The quantitative estimate of drug-likeness (QED) is 0.432. The van der Waals surface area contributed by atoms with Gasteiger partial charge in [0.15, 0.2) is 0 Å². The Morgan fingerprint density at radius 2 is 2.00 bits per heavy atom. The fraction of sp³-hybridized carbons (Fsp3) is 0.300. The molecule has 60 valence electrons. The first-order valence-corrected chi connectivity index (χ1v) is 3.67. The number of nitrogens with zero attached hydrogens (tertiary/aromatic N) is 1. The summed E-state index contributed by atoms with van der Waals surface area (Å²) in [5.74, 6) is 0. The Kier molecular flexibility index (Phi) is 5.09. The summed E-state index contributed by atoms with van der Waals surface area (Å²) >= 11 is 0. The molecule has 0 radical (unpaired) electrons. The van der Waals surface area contributed by atoms with Crippen LogP contribution < -0.4 is 0 Å². The molecule has 0 aromatic carbocycles. The zero-order chi connectivity index (χ0) is 8.69. The highest BCUT2D eigenvalue weighted by Gasteiger charge is 1.87. The standard InChI is InChI=1S/C10H15N/c1-5-7-10(9(3)4)11-8-6-2/h5-8H,2H2,1,3-4H3/b7-5+,11-8-. The Hall–Kier alpha value is -1.11. The van der Waals surface area contributed by atoms with E-state index in [-0.39, 0.29) is 0 Å². The summed E-state index contributed by atoms with van der Waals surface area (Å²) in [6, 6.07) is 0. The first-order chi connectivity index (χ1) is 5.22. The van der Waals surface area contributed by atoms with E-state index < -0.39 is 0 Å². The zero-order valence-electron chi connectivity index (χ0n) is 7.46. The van der Waals surface area contributed by atoms with Gasteiger partial charge in [-0.05, 0) is 26.8 Å². The fourth-order valence-corrected chi connectivity index (χ4v) is 0.630. The van der Waals surface area contributed by atoms with Crippen LogP contribution in [0.4, 0.5) is 0 Å². The van der Waals surface area contributed by atoms with Crippen LogP contribution in [0.2, 0.25) is 0 Å². The molecule has 0 aromatic rings. The van der Waals surface area contributed by atoms with Crippen LogP contribution in [0.3, 0.4) is 0 Å². The smallest absolute Gasteiger partial charge is 0.0612 e. The van der Waals surface area contributed by atoms with Crippen molar-refractivity contribution in [2.45, 2.75) is 20.8 Å². The summed E-state index contributed by atoms with van der Waals surface area (Å²) in [5, 5.41) is 0. The number of hydrogen-bond donors (Lipinski definition) is 0. The van der Waals surface area contributed by atoms with Crippen molar-refractivity contribution in [3.63, 3.8) is 0 Å². The molecule has 0 aliphatic heterocycles. The zero-order valence-corrected chi connectivity index (χ0v) is 7.46. The lowest BCUT2D eigenvalue weighted by atomic mass is 10.2. The topological polar surface area (TPSA) is 12.4 Å². The fourth-order valence-electron chi connectivity index (χ4n) is 0.630. The number of allylic oxidation sites excluding steroid dienone is 4. The van der Waals surface area contributed by atoms with Gasteiger partial charge in [-0.2, -0.15) is 0 Å². The minimum absolute atomic E-state index is 1.01. The van der Waals surface area contributed by atoms with Gasteiger partial charge in [0.25, 0.3) is 0 Å². The molecular formula is C10H15N. The van der Waals surface area contributed by atoms with Crippen LogP contribution in [0.15, 0.2) is 41.1 Å². The SMILES string of the molecule is C=C/C=N\C(/C=C/C)=C(C)C. The third-order valence-electron chi connectivity index (χ3n) is 1.16. The highest BCUT2D eigenvalue weighted by Crippen LogP contribution is 2.05. The van der Waals surface area contributed by atoms with Crippen LogP contribution in [0.1, 0.15) is 20.8 Å². The van der Waals surface area contributed by atoms with Crippen molar-refractivity contribution in [2.24, 2.45) is 4.99 Å². The molecule has 0 aromatic heterocycles. The Morgan fingerprint density at radius 3 is 2.36 bits per heavy atom. The van der Waals surface area contributed by atoms with Crippen LogP contribution in [0.5, 0.6) is 0 Å². The van der Waals surface area contributed by atoms with Crippen molar-refractivity contribution in [3.8, 4) is 0 Å². The number of hydrogen-bond acceptors (Lipinski definition) is 1. The van der Waals surface area contributed by atoms with E-state index in [0.717, 1.165) is 5.70 Å². The normalized spacial score (nSPS) is 10.8. The van der Waals surface area contributed by atoms with E-state index in [4.69, 9.17) is 0 Å². The van der Waals surface area contributed by atoms with Gasteiger partial charge in [-0.3, -0.25) is 4.99 Å². The van der Waals surface area contributed by atoms with E-state index >= 15 is 0 Å². The summed E-state index contributed by atoms with van der Waals surface area (Å²) in [5.41, 5.74) is 2.22. The summed E-state index contributed by atoms with van der Waals surface area (Å²) < 4.78 is 0. The molecule has 0 amide bonds. The van der Waals surface area contributed by atoms with Crippen LogP contribution in [0, 0.1) is 0 Å². The van der Waals surface area contributed by atoms with Crippen LogP contribution in [-0.2, 0) is 0 Å². The summed E-state index contributed by atoms with van der Waals surface area (Å²) in [6.45, 7) is 9.61. The molecule has 0 fully saturated rings. The average molecular weight is 149 g/mol. The monoisotopic (exact) mass is 149 g/mol. The first-order valence-electron chi connectivity index (χ1n) is 3.67. The molecule has 0 spiro atoms. The third kappa shape index (κ3) is 4.31. The molecule has 0 rings (SSSR count). The summed E-state index contributed by atoms with van der Waals surface area (Å²) in [7, 11) is 0. The maximum Gasteiger partial charge on any atom is 0.0612 e. The largest absolute Gasteiger partial charge is 0.257 e. The van der Waals surface area contributed by atoms with Crippen LogP contribution in [-0.4, -0.2) is 6.21 Å². The van der Waals surface area contributed by atoms with E-state index in [1.54, 1.807) is 12.3 Å². The molecule has 0 unspecified atom stereocenters.